The average Bonchev–Trinajstić information content (AvgIpc) is 3.37. The average molecular weight is 398 g/mol. The molecule has 0 aliphatic carbocycles. The summed E-state index contributed by atoms with van der Waals surface area (Å²) in [6.07, 6.45) is 10.5. The van der Waals surface area contributed by atoms with Gasteiger partial charge < -0.3 is 9.88 Å². The first kappa shape index (κ1) is 19.1. The van der Waals surface area contributed by atoms with Crippen molar-refractivity contribution in [2.24, 2.45) is 5.92 Å². The van der Waals surface area contributed by atoms with Crippen molar-refractivity contribution in [3.05, 3.63) is 43.0 Å². The Morgan fingerprint density at radius 3 is 2.89 bits per heavy atom. The number of carbonyl (C=O) groups is 1. The number of para-hydroxylation sites is 1. The fourth-order valence-electron chi connectivity index (χ4n) is 3.91. The van der Waals surface area contributed by atoms with E-state index in [1.165, 1.54) is 37.0 Å². The Hall–Kier alpha value is -2.25. The van der Waals surface area contributed by atoms with Gasteiger partial charge in [-0.05, 0) is 63.7 Å². The predicted octanol–water partition coefficient (Wildman–Crippen LogP) is 4.01. The van der Waals surface area contributed by atoms with E-state index in [0.29, 0.717) is 5.13 Å². The van der Waals surface area contributed by atoms with Crippen LogP contribution in [0.1, 0.15) is 32.6 Å². The van der Waals surface area contributed by atoms with Gasteiger partial charge in [-0.2, -0.15) is 0 Å². The Labute approximate surface area is 169 Å². The number of amides is 1. The number of aromatic nitrogens is 3. The maximum atomic E-state index is 12.7. The van der Waals surface area contributed by atoms with Gasteiger partial charge in [0, 0.05) is 18.9 Å². The highest BCUT2D eigenvalue weighted by atomic mass is 32.1. The fourth-order valence-corrected chi connectivity index (χ4v) is 4.78. The van der Waals surface area contributed by atoms with Crippen molar-refractivity contribution >= 4 is 32.6 Å². The zero-order valence-electron chi connectivity index (χ0n) is 16.3. The number of anilines is 1. The van der Waals surface area contributed by atoms with Gasteiger partial charge in [0.15, 0.2) is 5.13 Å². The quantitative estimate of drug-likeness (QED) is 0.654. The highest BCUT2D eigenvalue weighted by molar-refractivity contribution is 7.22. The van der Waals surface area contributed by atoms with E-state index < -0.39 is 0 Å². The third-order valence-electron chi connectivity index (χ3n) is 5.69. The zero-order valence-corrected chi connectivity index (χ0v) is 17.1. The summed E-state index contributed by atoms with van der Waals surface area (Å²) < 4.78 is 3.24. The van der Waals surface area contributed by atoms with Crippen LogP contribution in [-0.2, 0) is 11.3 Å². The molecule has 0 unspecified atom stereocenters. The van der Waals surface area contributed by atoms with Gasteiger partial charge in [0.1, 0.15) is 0 Å². The number of nitrogens with one attached hydrogen (secondary N) is 1. The van der Waals surface area contributed by atoms with Crippen LogP contribution in [0.25, 0.3) is 10.2 Å². The normalized spacial score (nSPS) is 17.0. The summed E-state index contributed by atoms with van der Waals surface area (Å²) in [6, 6.07) is 7.84. The summed E-state index contributed by atoms with van der Waals surface area (Å²) in [5.41, 5.74) is 0.937. The number of nitrogens with zero attached hydrogens (tertiary/aromatic N) is 4. The number of carbonyl (C=O) groups excluding carboxylic acids is 1. The van der Waals surface area contributed by atoms with E-state index >= 15 is 0 Å². The molecule has 28 heavy (non-hydrogen) atoms. The number of hydrogen-bond donors (Lipinski definition) is 1. The first-order valence-electron chi connectivity index (χ1n) is 10.1. The summed E-state index contributed by atoms with van der Waals surface area (Å²) in [5, 5.41) is 3.70. The van der Waals surface area contributed by atoms with Gasteiger partial charge in [-0.1, -0.05) is 23.5 Å². The number of imidazole rings is 1. The highest BCUT2D eigenvalue weighted by Gasteiger charge is 2.27. The minimum absolute atomic E-state index is 0.0395. The minimum Gasteiger partial charge on any atom is -0.337 e. The molecule has 0 bridgehead atoms. The number of hydrogen-bond acceptors (Lipinski definition) is 5. The van der Waals surface area contributed by atoms with Crippen LogP contribution in [0.5, 0.6) is 0 Å². The number of aryl methyl sites for hydroxylation is 1. The van der Waals surface area contributed by atoms with Gasteiger partial charge in [0.05, 0.1) is 22.6 Å². The number of piperidine rings is 1. The maximum Gasteiger partial charge on any atom is 0.243 e. The van der Waals surface area contributed by atoms with E-state index in [9.17, 15) is 4.79 Å². The van der Waals surface area contributed by atoms with Gasteiger partial charge >= 0.3 is 0 Å². The second-order valence-electron chi connectivity index (χ2n) is 7.57. The third-order valence-corrected chi connectivity index (χ3v) is 6.64. The Bertz CT molecular complexity index is 866. The molecule has 0 radical (unpaired) electrons. The molecule has 1 fully saturated rings. The molecule has 7 heteroatoms. The van der Waals surface area contributed by atoms with Crippen molar-refractivity contribution in [1.82, 2.24) is 19.4 Å². The van der Waals surface area contributed by atoms with Gasteiger partial charge in [0.25, 0.3) is 0 Å². The second-order valence-corrected chi connectivity index (χ2v) is 8.60. The zero-order chi connectivity index (χ0) is 19.3. The van der Waals surface area contributed by atoms with Gasteiger partial charge in [0.2, 0.25) is 5.91 Å². The van der Waals surface area contributed by atoms with Crippen molar-refractivity contribution in [2.45, 2.75) is 45.2 Å². The molecule has 1 saturated heterocycles. The minimum atomic E-state index is -0.126. The second kappa shape index (κ2) is 8.84. The molecule has 1 amide bonds. The topological polar surface area (TPSA) is 63.1 Å². The number of benzene rings is 1. The van der Waals surface area contributed by atoms with Crippen molar-refractivity contribution in [1.29, 1.82) is 0 Å². The molecule has 0 spiro atoms. The van der Waals surface area contributed by atoms with Crippen LogP contribution in [0.4, 0.5) is 5.13 Å². The summed E-state index contributed by atoms with van der Waals surface area (Å²) in [4.78, 5) is 23.6. The molecule has 0 saturated carbocycles. The first-order valence-corrected chi connectivity index (χ1v) is 10.9. The summed E-state index contributed by atoms with van der Waals surface area (Å²) in [7, 11) is 0. The molecule has 1 atom stereocenters. The van der Waals surface area contributed by atoms with Crippen LogP contribution in [0.15, 0.2) is 43.0 Å². The van der Waals surface area contributed by atoms with Crippen LogP contribution in [0, 0.1) is 5.92 Å². The Morgan fingerprint density at radius 1 is 1.32 bits per heavy atom. The molecule has 1 aromatic carbocycles. The molecular weight excluding hydrogens is 370 g/mol. The molecule has 148 valence electrons. The number of fused-ring (bicyclic) bond motifs is 1. The van der Waals surface area contributed by atoms with Crippen molar-refractivity contribution in [2.75, 3.05) is 18.4 Å². The highest BCUT2D eigenvalue weighted by Crippen LogP contribution is 2.27. The monoisotopic (exact) mass is 397 g/mol. The Kier molecular flexibility index (Phi) is 6.02. The van der Waals surface area contributed by atoms with E-state index in [1.54, 1.807) is 0 Å². The lowest BCUT2D eigenvalue weighted by Crippen LogP contribution is -2.46. The van der Waals surface area contributed by atoms with Crippen molar-refractivity contribution < 1.29 is 4.79 Å². The van der Waals surface area contributed by atoms with E-state index in [2.05, 4.69) is 24.8 Å². The molecule has 1 aliphatic heterocycles. The molecule has 6 nitrogen and oxygen atoms in total. The maximum absolute atomic E-state index is 12.7. The summed E-state index contributed by atoms with van der Waals surface area (Å²) in [6.45, 7) is 5.03. The van der Waals surface area contributed by atoms with Gasteiger partial charge in [-0.15, -0.1) is 0 Å². The molecule has 2 aromatic heterocycles. The molecular formula is C21H27N5OS. The lowest BCUT2D eigenvalue weighted by atomic mass is 9.91. The third kappa shape index (κ3) is 4.59. The van der Waals surface area contributed by atoms with Crippen LogP contribution >= 0.6 is 11.3 Å². The lowest BCUT2D eigenvalue weighted by Gasteiger charge is -2.35. The number of rotatable bonds is 7. The van der Waals surface area contributed by atoms with Gasteiger partial charge in [-0.3, -0.25) is 9.69 Å². The molecule has 4 rings (SSSR count). The summed E-state index contributed by atoms with van der Waals surface area (Å²) >= 11 is 1.53. The lowest BCUT2D eigenvalue weighted by molar-refractivity contribution is -0.121. The molecule has 1 aliphatic rings. The van der Waals surface area contributed by atoms with Crippen LogP contribution in [0.3, 0.4) is 0 Å². The smallest absolute Gasteiger partial charge is 0.243 e. The molecule has 1 N–H and O–H groups in total. The van der Waals surface area contributed by atoms with Crippen LogP contribution in [-0.4, -0.2) is 44.5 Å². The summed E-state index contributed by atoms with van der Waals surface area (Å²) in [5.74, 6) is 0.803. The standard InChI is InChI=1S/C21H27N5OS/c1-16(20(27)24-21-23-18-6-2-3-7-19(18)28-21)26-12-8-17(9-13-26)5-4-11-25-14-10-22-15-25/h2-3,6-7,10,14-17H,4-5,8-9,11-13H2,1H3,(H,23,24,27)/t16-/m0/s1. The number of thiazole rings is 1. The first-order chi connectivity index (χ1) is 13.7. The largest absolute Gasteiger partial charge is 0.337 e. The van der Waals surface area contributed by atoms with Gasteiger partial charge in [-0.25, -0.2) is 9.97 Å². The van der Waals surface area contributed by atoms with E-state index in [4.69, 9.17) is 0 Å². The van der Waals surface area contributed by atoms with E-state index in [-0.39, 0.29) is 11.9 Å². The van der Waals surface area contributed by atoms with Crippen molar-refractivity contribution in [3.8, 4) is 0 Å². The van der Waals surface area contributed by atoms with Crippen LogP contribution < -0.4 is 5.32 Å². The van der Waals surface area contributed by atoms with Crippen LogP contribution in [0.2, 0.25) is 0 Å². The SMILES string of the molecule is C[C@@H](C(=O)Nc1nc2ccccc2s1)N1CCC(CCCn2ccnc2)CC1. The molecule has 3 aromatic rings. The predicted molar refractivity (Wildman–Crippen MR) is 113 cm³/mol. The Morgan fingerprint density at radius 2 is 2.14 bits per heavy atom. The van der Waals surface area contributed by atoms with E-state index in [0.717, 1.165) is 35.8 Å². The van der Waals surface area contributed by atoms with Crippen molar-refractivity contribution in [3.63, 3.8) is 0 Å². The fraction of sp³-hybridized carbons (Fsp3) is 0.476. The Balaban J connectivity index is 1.22. The van der Waals surface area contributed by atoms with E-state index in [1.807, 2.05) is 49.9 Å². The number of likely N-dealkylation sites (tertiary alicyclic amines) is 1. The molecule has 3 heterocycles.